The summed E-state index contributed by atoms with van der Waals surface area (Å²) in [5.74, 6) is 0.630. The number of hydrogen-bond acceptors (Lipinski definition) is 2. The van der Waals surface area contributed by atoms with Crippen molar-refractivity contribution in [1.29, 1.82) is 0 Å². The van der Waals surface area contributed by atoms with E-state index in [-0.39, 0.29) is 10.8 Å². The van der Waals surface area contributed by atoms with Gasteiger partial charge in [-0.2, -0.15) is 0 Å². The third-order valence-corrected chi connectivity index (χ3v) is 9.50. The van der Waals surface area contributed by atoms with Crippen LogP contribution in [0.15, 0.2) is 18.2 Å². The van der Waals surface area contributed by atoms with Gasteiger partial charge in [0.15, 0.2) is 0 Å². The van der Waals surface area contributed by atoms with E-state index in [1.807, 2.05) is 0 Å². The maximum absolute atomic E-state index is 12.3. The molecular weight excluding hydrogens is 322 g/mol. The lowest BCUT2D eigenvalue weighted by molar-refractivity contribution is -0.151. The van der Waals surface area contributed by atoms with Crippen LogP contribution in [0.2, 0.25) is 19.6 Å². The molecule has 0 aromatic heterocycles. The lowest BCUT2D eigenvalue weighted by Gasteiger charge is -2.52. The Hall–Kier alpha value is -0.643. The van der Waals surface area contributed by atoms with Gasteiger partial charge in [-0.1, -0.05) is 63.8 Å². The highest BCUT2D eigenvalue weighted by Crippen LogP contribution is 2.72. The first-order chi connectivity index (χ1) is 11.3. The fourth-order valence-electron chi connectivity index (χ4n) is 6.05. The first-order valence-electron chi connectivity index (χ1n) is 9.84. The molecule has 0 aliphatic heterocycles. The van der Waals surface area contributed by atoms with E-state index >= 15 is 0 Å². The van der Waals surface area contributed by atoms with Crippen molar-refractivity contribution < 1.29 is 5.11 Å². The second-order valence-electron chi connectivity index (χ2n) is 10.8. The molecule has 2 bridgehead atoms. The van der Waals surface area contributed by atoms with Gasteiger partial charge >= 0.3 is 0 Å². The van der Waals surface area contributed by atoms with Crippen LogP contribution in [-0.2, 0) is 12.1 Å². The maximum atomic E-state index is 12.3. The minimum atomic E-state index is -1.49. The average molecular weight is 360 g/mol. The minimum Gasteiger partial charge on any atom is -0.384 e. The van der Waals surface area contributed by atoms with E-state index in [9.17, 15) is 5.11 Å². The van der Waals surface area contributed by atoms with Crippen LogP contribution < -0.4 is 5.19 Å². The van der Waals surface area contributed by atoms with Gasteiger partial charge in [0.1, 0.15) is 5.60 Å². The van der Waals surface area contributed by atoms with Crippen LogP contribution in [-0.4, -0.2) is 32.2 Å². The number of nitrogens with zero attached hydrogens (tertiary/aromatic N) is 1. The van der Waals surface area contributed by atoms with Crippen molar-refractivity contribution in [3.63, 3.8) is 0 Å². The van der Waals surface area contributed by atoms with Crippen molar-refractivity contribution in [2.75, 3.05) is 14.1 Å². The van der Waals surface area contributed by atoms with Gasteiger partial charge in [0.25, 0.3) is 0 Å². The van der Waals surface area contributed by atoms with Crippen LogP contribution in [0.3, 0.4) is 0 Å². The van der Waals surface area contributed by atoms with Gasteiger partial charge in [-0.3, -0.25) is 0 Å². The number of aliphatic hydroxyl groups is 1. The molecule has 1 aromatic rings. The molecule has 0 spiro atoms. The Bertz CT molecular complexity index is 668. The number of hydrogen-bond donors (Lipinski definition) is 1. The second kappa shape index (κ2) is 5.67. The first kappa shape index (κ1) is 19.1. The molecule has 2 aliphatic carbocycles. The minimum absolute atomic E-state index is 0.000290. The molecule has 0 heterocycles. The zero-order valence-corrected chi connectivity index (χ0v) is 18.5. The van der Waals surface area contributed by atoms with Crippen LogP contribution in [0.1, 0.15) is 51.2 Å². The number of benzene rings is 1. The highest BCUT2D eigenvalue weighted by molar-refractivity contribution is 6.89. The Kier molecular flexibility index (Phi) is 4.34. The Balaban J connectivity index is 2.27. The summed E-state index contributed by atoms with van der Waals surface area (Å²) in [4.78, 5) is 2.26. The zero-order chi connectivity index (χ0) is 18.8. The summed E-state index contributed by atoms with van der Waals surface area (Å²) in [6.45, 7) is 15.1. The number of rotatable bonds is 4. The SMILES string of the molecule is CN(C)Cc1c([C@]2(O)C(C)(C)[C@H]3CC[C@]2(C)C3)cccc1[Si](C)(C)C. The predicted octanol–water partition coefficient (Wildman–Crippen LogP) is 4.33. The van der Waals surface area contributed by atoms with Crippen LogP contribution >= 0.6 is 0 Å². The maximum Gasteiger partial charge on any atom is 0.101 e. The number of fused-ring (bicyclic) bond motifs is 2. The highest BCUT2D eigenvalue weighted by Gasteiger charge is 2.69. The predicted molar refractivity (Wildman–Crippen MR) is 110 cm³/mol. The molecule has 2 nitrogen and oxygen atoms in total. The summed E-state index contributed by atoms with van der Waals surface area (Å²) in [5, 5.41) is 13.8. The normalized spacial score (nSPS) is 34.1. The van der Waals surface area contributed by atoms with Crippen LogP contribution in [0, 0.1) is 16.7 Å². The van der Waals surface area contributed by atoms with Gasteiger partial charge in [0.05, 0.1) is 8.07 Å². The lowest BCUT2D eigenvalue weighted by Crippen LogP contribution is -2.53. The first-order valence-corrected chi connectivity index (χ1v) is 13.3. The summed E-state index contributed by atoms with van der Waals surface area (Å²) in [6, 6.07) is 6.75. The molecule has 0 saturated heterocycles. The third-order valence-electron chi connectivity index (χ3n) is 7.42. The molecule has 1 aromatic carbocycles. The van der Waals surface area contributed by atoms with Gasteiger partial charge in [-0.05, 0) is 50.4 Å². The molecule has 2 saturated carbocycles. The van der Waals surface area contributed by atoms with E-state index in [2.05, 4.69) is 77.6 Å². The van der Waals surface area contributed by atoms with Crippen LogP contribution in [0.5, 0.6) is 0 Å². The fourth-order valence-corrected chi connectivity index (χ4v) is 7.76. The van der Waals surface area contributed by atoms with Gasteiger partial charge in [-0.15, -0.1) is 0 Å². The Labute approximate surface area is 155 Å². The van der Waals surface area contributed by atoms with E-state index in [4.69, 9.17) is 0 Å². The van der Waals surface area contributed by atoms with Crippen molar-refractivity contribution >= 4 is 13.3 Å². The van der Waals surface area contributed by atoms with E-state index in [0.717, 1.165) is 19.4 Å². The quantitative estimate of drug-likeness (QED) is 0.809. The molecule has 3 atom stereocenters. The van der Waals surface area contributed by atoms with Gasteiger partial charge in [0.2, 0.25) is 0 Å². The summed E-state index contributed by atoms with van der Waals surface area (Å²) in [6.07, 6.45) is 3.58. The summed E-state index contributed by atoms with van der Waals surface area (Å²) in [7, 11) is 2.79. The summed E-state index contributed by atoms with van der Waals surface area (Å²) in [5.41, 5.74) is 1.82. The average Bonchev–Trinajstić information content (AvgIpc) is 2.94. The highest BCUT2D eigenvalue weighted by atomic mass is 28.3. The van der Waals surface area contributed by atoms with E-state index in [1.165, 1.54) is 22.7 Å². The van der Waals surface area contributed by atoms with Crippen molar-refractivity contribution in [1.82, 2.24) is 4.90 Å². The molecular formula is C22H37NOSi. The van der Waals surface area contributed by atoms with E-state index < -0.39 is 13.7 Å². The van der Waals surface area contributed by atoms with Gasteiger partial charge in [0, 0.05) is 17.4 Å². The fraction of sp³-hybridized carbons (Fsp3) is 0.727. The Morgan fingerprint density at radius 1 is 1.16 bits per heavy atom. The smallest absolute Gasteiger partial charge is 0.101 e. The zero-order valence-electron chi connectivity index (χ0n) is 17.5. The molecule has 0 radical (unpaired) electrons. The molecule has 140 valence electrons. The van der Waals surface area contributed by atoms with Gasteiger partial charge in [-0.25, -0.2) is 0 Å². The summed E-state index contributed by atoms with van der Waals surface area (Å²) >= 11 is 0. The molecule has 2 aliphatic rings. The standard InChI is InChI=1S/C22H37NOSi/c1-20(2)16-12-13-21(3,14-16)22(20,24)18-10-9-11-19(25(6,7)8)17(18)15-23(4)5/h9-11,16,24H,12-15H2,1-8H3/t16-,21+,22-/m0/s1. The monoisotopic (exact) mass is 359 g/mol. The van der Waals surface area contributed by atoms with Crippen LogP contribution in [0.25, 0.3) is 0 Å². The van der Waals surface area contributed by atoms with Crippen molar-refractivity contribution in [3.05, 3.63) is 29.3 Å². The van der Waals surface area contributed by atoms with E-state index in [1.54, 1.807) is 0 Å². The Morgan fingerprint density at radius 3 is 2.28 bits per heavy atom. The largest absolute Gasteiger partial charge is 0.384 e. The van der Waals surface area contributed by atoms with Crippen molar-refractivity contribution in [2.24, 2.45) is 16.7 Å². The molecule has 2 fully saturated rings. The topological polar surface area (TPSA) is 23.5 Å². The van der Waals surface area contributed by atoms with Gasteiger partial charge < -0.3 is 10.0 Å². The van der Waals surface area contributed by atoms with E-state index in [0.29, 0.717) is 5.92 Å². The molecule has 1 N–H and O–H groups in total. The summed E-state index contributed by atoms with van der Waals surface area (Å²) < 4.78 is 0. The molecule has 3 heteroatoms. The molecule has 0 amide bonds. The Morgan fingerprint density at radius 2 is 1.80 bits per heavy atom. The van der Waals surface area contributed by atoms with Crippen LogP contribution in [0.4, 0.5) is 0 Å². The molecule has 25 heavy (non-hydrogen) atoms. The second-order valence-corrected chi connectivity index (χ2v) is 15.8. The third kappa shape index (κ3) is 2.57. The van der Waals surface area contributed by atoms with Crippen molar-refractivity contribution in [3.8, 4) is 0 Å². The lowest BCUT2D eigenvalue weighted by atomic mass is 9.57. The molecule has 0 unspecified atom stereocenters. The van der Waals surface area contributed by atoms with Crippen molar-refractivity contribution in [2.45, 2.75) is 71.8 Å². The molecule has 3 rings (SSSR count).